The van der Waals surface area contributed by atoms with Crippen molar-refractivity contribution in [2.75, 3.05) is 5.75 Å². The number of carbonyl (C=O) groups excluding carboxylic acids is 1. The summed E-state index contributed by atoms with van der Waals surface area (Å²) in [7, 11) is 0. The molecule has 26 heavy (non-hydrogen) atoms. The summed E-state index contributed by atoms with van der Waals surface area (Å²) in [5.41, 5.74) is 2.31. The number of benzene rings is 1. The van der Waals surface area contributed by atoms with E-state index < -0.39 is 0 Å². The molecule has 142 valence electrons. The van der Waals surface area contributed by atoms with E-state index in [1.54, 1.807) is 6.33 Å². The van der Waals surface area contributed by atoms with Crippen molar-refractivity contribution in [2.24, 2.45) is 0 Å². The van der Waals surface area contributed by atoms with E-state index in [1.165, 1.54) is 30.2 Å². The summed E-state index contributed by atoms with van der Waals surface area (Å²) in [5, 5.41) is 12.0. The van der Waals surface area contributed by atoms with Crippen LogP contribution in [0.2, 0.25) is 0 Å². The van der Waals surface area contributed by atoms with Gasteiger partial charge in [0.2, 0.25) is 5.91 Å². The summed E-state index contributed by atoms with van der Waals surface area (Å²) in [6.07, 6.45) is 6.30. The van der Waals surface area contributed by atoms with Crippen LogP contribution in [0.3, 0.4) is 0 Å². The molecule has 0 bridgehead atoms. The predicted molar refractivity (Wildman–Crippen MR) is 108 cm³/mol. The van der Waals surface area contributed by atoms with E-state index in [4.69, 9.17) is 0 Å². The van der Waals surface area contributed by atoms with Crippen molar-refractivity contribution in [1.82, 2.24) is 20.1 Å². The number of rotatable bonds is 10. The summed E-state index contributed by atoms with van der Waals surface area (Å²) in [6, 6.07) is 8.60. The molecule has 0 aliphatic heterocycles. The molecule has 0 aliphatic rings. The van der Waals surface area contributed by atoms with Crippen LogP contribution in [0.1, 0.15) is 64.9 Å². The van der Waals surface area contributed by atoms with Gasteiger partial charge in [-0.25, -0.2) is 0 Å². The van der Waals surface area contributed by atoms with Crippen LogP contribution in [0, 0.1) is 0 Å². The number of hydrogen-bond acceptors (Lipinski definition) is 4. The zero-order chi connectivity index (χ0) is 18.9. The van der Waals surface area contributed by atoms with Gasteiger partial charge in [-0.1, -0.05) is 63.9 Å². The molecule has 1 atom stereocenters. The molecule has 1 aromatic carbocycles. The lowest BCUT2D eigenvalue weighted by Crippen LogP contribution is -2.33. The molecule has 1 heterocycles. The highest BCUT2D eigenvalue weighted by Gasteiger charge is 2.12. The average Bonchev–Trinajstić information content (AvgIpc) is 3.09. The summed E-state index contributed by atoms with van der Waals surface area (Å²) in [4.78, 5) is 12.2. The molecule has 0 aliphatic carbocycles. The van der Waals surface area contributed by atoms with Crippen LogP contribution in [0.4, 0.5) is 0 Å². The van der Waals surface area contributed by atoms with Crippen LogP contribution in [0.25, 0.3) is 5.69 Å². The standard InChI is InChI=1S/C20H30N4OS/c1-5-6-7-8-16(4)22-19(25)13-26-20-23-21-14-24(20)18-11-9-17(10-12-18)15(2)3/h9-12,14-16H,5-8,13H2,1-4H3,(H,22,25). The lowest BCUT2D eigenvalue weighted by atomic mass is 10.0. The second-order valence-electron chi connectivity index (χ2n) is 6.98. The number of carbonyl (C=O) groups is 1. The molecule has 1 unspecified atom stereocenters. The van der Waals surface area contributed by atoms with Gasteiger partial charge in [-0.2, -0.15) is 0 Å². The molecular formula is C20H30N4OS. The van der Waals surface area contributed by atoms with E-state index in [9.17, 15) is 4.79 Å². The number of nitrogens with zero attached hydrogens (tertiary/aromatic N) is 3. The Bertz CT molecular complexity index is 681. The van der Waals surface area contributed by atoms with Crippen molar-refractivity contribution >= 4 is 17.7 Å². The normalized spacial score (nSPS) is 12.3. The van der Waals surface area contributed by atoms with Gasteiger partial charge in [0.1, 0.15) is 6.33 Å². The maximum atomic E-state index is 12.2. The van der Waals surface area contributed by atoms with E-state index in [0.717, 1.165) is 23.7 Å². The van der Waals surface area contributed by atoms with Crippen LogP contribution in [-0.4, -0.2) is 32.5 Å². The van der Waals surface area contributed by atoms with E-state index in [2.05, 4.69) is 67.5 Å². The van der Waals surface area contributed by atoms with Crippen molar-refractivity contribution in [1.29, 1.82) is 0 Å². The SMILES string of the molecule is CCCCCC(C)NC(=O)CSc1nncn1-c1ccc(C(C)C)cc1. The highest BCUT2D eigenvalue weighted by molar-refractivity contribution is 7.99. The van der Waals surface area contributed by atoms with Crippen molar-refractivity contribution in [3.63, 3.8) is 0 Å². The van der Waals surface area contributed by atoms with Gasteiger partial charge in [-0.15, -0.1) is 10.2 Å². The zero-order valence-electron chi connectivity index (χ0n) is 16.2. The Kier molecular flexibility index (Phi) is 8.16. The first-order valence-corrected chi connectivity index (χ1v) is 10.4. The molecule has 2 aromatic rings. The fourth-order valence-corrected chi connectivity index (χ4v) is 3.48. The number of unbranched alkanes of at least 4 members (excludes halogenated alkanes) is 2. The fourth-order valence-electron chi connectivity index (χ4n) is 2.74. The molecule has 0 saturated carbocycles. The molecule has 1 aromatic heterocycles. The van der Waals surface area contributed by atoms with Gasteiger partial charge >= 0.3 is 0 Å². The molecule has 0 saturated heterocycles. The smallest absolute Gasteiger partial charge is 0.230 e. The van der Waals surface area contributed by atoms with Crippen LogP contribution in [0.15, 0.2) is 35.7 Å². The van der Waals surface area contributed by atoms with Crippen molar-refractivity contribution < 1.29 is 4.79 Å². The second-order valence-corrected chi connectivity index (χ2v) is 7.93. The predicted octanol–water partition coefficient (Wildman–Crippen LogP) is 4.57. The third-order valence-corrected chi connectivity index (χ3v) is 5.28. The Labute approximate surface area is 161 Å². The molecule has 0 fully saturated rings. The van der Waals surface area contributed by atoms with E-state index in [1.807, 2.05) is 4.57 Å². The maximum absolute atomic E-state index is 12.2. The van der Waals surface area contributed by atoms with E-state index in [-0.39, 0.29) is 11.9 Å². The number of nitrogens with one attached hydrogen (secondary N) is 1. The minimum atomic E-state index is 0.0451. The summed E-state index contributed by atoms with van der Waals surface area (Å²) in [6.45, 7) is 8.61. The minimum absolute atomic E-state index is 0.0451. The quantitative estimate of drug-likeness (QED) is 0.489. The lowest BCUT2D eigenvalue weighted by Gasteiger charge is -2.13. The first-order chi connectivity index (χ1) is 12.5. The summed E-state index contributed by atoms with van der Waals surface area (Å²) >= 11 is 1.41. The Hall–Kier alpha value is -1.82. The highest BCUT2D eigenvalue weighted by Crippen LogP contribution is 2.21. The molecule has 5 nitrogen and oxygen atoms in total. The Balaban J connectivity index is 1.89. The van der Waals surface area contributed by atoms with Gasteiger partial charge in [-0.05, 0) is 37.0 Å². The minimum Gasteiger partial charge on any atom is -0.353 e. The molecule has 1 N–H and O–H groups in total. The second kappa shape index (κ2) is 10.4. The molecule has 0 spiro atoms. The molecule has 0 radical (unpaired) electrons. The highest BCUT2D eigenvalue weighted by atomic mass is 32.2. The monoisotopic (exact) mass is 374 g/mol. The lowest BCUT2D eigenvalue weighted by molar-refractivity contribution is -0.119. The van der Waals surface area contributed by atoms with Gasteiger partial charge in [0.15, 0.2) is 5.16 Å². The molecule has 1 amide bonds. The van der Waals surface area contributed by atoms with E-state index in [0.29, 0.717) is 11.7 Å². The largest absolute Gasteiger partial charge is 0.353 e. The zero-order valence-corrected chi connectivity index (χ0v) is 17.1. The van der Waals surface area contributed by atoms with Crippen molar-refractivity contribution in [3.8, 4) is 5.69 Å². The number of hydrogen-bond donors (Lipinski definition) is 1. The first kappa shape index (κ1) is 20.5. The van der Waals surface area contributed by atoms with Crippen molar-refractivity contribution in [2.45, 2.75) is 70.5 Å². The number of aromatic nitrogens is 3. The average molecular weight is 375 g/mol. The van der Waals surface area contributed by atoms with Gasteiger partial charge in [0.05, 0.1) is 5.75 Å². The van der Waals surface area contributed by atoms with Gasteiger partial charge in [0, 0.05) is 11.7 Å². The summed E-state index contributed by atoms with van der Waals surface area (Å²) < 4.78 is 1.92. The van der Waals surface area contributed by atoms with Crippen LogP contribution in [0.5, 0.6) is 0 Å². The van der Waals surface area contributed by atoms with Crippen molar-refractivity contribution in [3.05, 3.63) is 36.2 Å². The first-order valence-electron chi connectivity index (χ1n) is 9.43. The topological polar surface area (TPSA) is 59.8 Å². The van der Waals surface area contributed by atoms with E-state index >= 15 is 0 Å². The third kappa shape index (κ3) is 6.16. The molecule has 6 heteroatoms. The van der Waals surface area contributed by atoms with Gasteiger partial charge in [-0.3, -0.25) is 9.36 Å². The Morgan fingerprint density at radius 2 is 1.92 bits per heavy atom. The Morgan fingerprint density at radius 3 is 2.58 bits per heavy atom. The van der Waals surface area contributed by atoms with Gasteiger partial charge in [0.25, 0.3) is 0 Å². The van der Waals surface area contributed by atoms with Gasteiger partial charge < -0.3 is 5.32 Å². The van der Waals surface area contributed by atoms with Crippen LogP contribution < -0.4 is 5.32 Å². The maximum Gasteiger partial charge on any atom is 0.230 e. The van der Waals surface area contributed by atoms with Crippen LogP contribution >= 0.6 is 11.8 Å². The third-order valence-electron chi connectivity index (χ3n) is 4.33. The van der Waals surface area contributed by atoms with Crippen LogP contribution in [-0.2, 0) is 4.79 Å². The fraction of sp³-hybridized carbons (Fsp3) is 0.550. The summed E-state index contributed by atoms with van der Waals surface area (Å²) in [5.74, 6) is 0.895. The Morgan fingerprint density at radius 1 is 1.19 bits per heavy atom. The molecular weight excluding hydrogens is 344 g/mol. The molecule has 2 rings (SSSR count). The number of thioether (sulfide) groups is 1. The number of amides is 1.